The monoisotopic (exact) mass is 1720 g/mol. The van der Waals surface area contributed by atoms with Crippen LogP contribution in [0.1, 0.15) is 77.8 Å². The average Bonchev–Trinajstić information content (AvgIpc) is 0.829. The molecule has 0 radical (unpaired) electrons. The van der Waals surface area contributed by atoms with Crippen molar-refractivity contribution < 1.29 is 51.7 Å². The number of hydrogen-bond donors (Lipinski definition) is 1. The van der Waals surface area contributed by atoms with Crippen molar-refractivity contribution in [2.45, 2.75) is 58.8 Å². The third-order valence-electron chi connectivity index (χ3n) is 13.8. The third-order valence-corrected chi connectivity index (χ3v) is 18.6. The number of rotatable bonds is 14. The fraction of sp³-hybridized carbons (Fsp3) is 0.0947. The van der Waals surface area contributed by atoms with Gasteiger partial charge >= 0.3 is 25.8 Å². The number of amidine groups is 1. The summed E-state index contributed by atoms with van der Waals surface area (Å²) in [4.78, 5) is 5.02. The van der Waals surface area contributed by atoms with Gasteiger partial charge in [-0.2, -0.15) is 172 Å². The normalized spacial score (nSPS) is 10.2. The van der Waals surface area contributed by atoms with E-state index in [-0.39, 0.29) is 63.6 Å². The molecule has 522 valence electrons. The first-order valence-corrected chi connectivity index (χ1v) is 36.6. The zero-order valence-electron chi connectivity index (χ0n) is 60.4. The van der Waals surface area contributed by atoms with Crippen LogP contribution in [-0.4, -0.2) is 23.6 Å². The zero-order chi connectivity index (χ0) is 72.2. The first-order valence-electron chi connectivity index (χ1n) is 33.9. The Hall–Kier alpha value is -9.06. The summed E-state index contributed by atoms with van der Waals surface area (Å²) in [7, 11) is -1.38. The van der Waals surface area contributed by atoms with E-state index in [1.54, 1.807) is 0 Å². The molecule has 1 unspecified atom stereocenters. The van der Waals surface area contributed by atoms with Gasteiger partial charge in [-0.1, -0.05) is 252 Å². The minimum Gasteiger partial charge on any atom is -0.671 e. The van der Waals surface area contributed by atoms with E-state index in [0.29, 0.717) is 19.1 Å². The quantitative estimate of drug-likeness (QED) is 0.0381. The molecule has 0 bridgehead atoms. The molecule has 0 saturated heterocycles. The predicted molar refractivity (Wildman–Crippen MR) is 446 cm³/mol. The van der Waals surface area contributed by atoms with E-state index in [4.69, 9.17) is 15.6 Å². The largest absolute Gasteiger partial charge is 4.00 e. The van der Waals surface area contributed by atoms with Crippen molar-refractivity contribution in [3.63, 3.8) is 0 Å². The van der Waals surface area contributed by atoms with Crippen molar-refractivity contribution >= 4 is 42.6 Å². The van der Waals surface area contributed by atoms with Crippen LogP contribution in [0.4, 0.5) is 0 Å². The number of benzene rings is 13. The molecular weight excluding hydrogens is 1620 g/mol. The Balaban J connectivity index is 0.000000325. The summed E-state index contributed by atoms with van der Waals surface area (Å²) in [6.07, 6.45) is 0. The van der Waals surface area contributed by atoms with Gasteiger partial charge < -0.3 is 16.0 Å². The van der Waals surface area contributed by atoms with Crippen LogP contribution in [0, 0.1) is 48.5 Å². The van der Waals surface area contributed by atoms with E-state index in [9.17, 15) is 0 Å². The fourth-order valence-corrected chi connectivity index (χ4v) is 13.7. The number of aliphatic imine (C=N–C) groups is 1. The summed E-state index contributed by atoms with van der Waals surface area (Å²) in [5.41, 5.74) is 11.0. The molecule has 0 fully saturated rings. The van der Waals surface area contributed by atoms with Crippen molar-refractivity contribution in [3.05, 3.63) is 503 Å². The van der Waals surface area contributed by atoms with Crippen molar-refractivity contribution in [2.75, 3.05) is 0 Å². The van der Waals surface area contributed by atoms with E-state index in [0.717, 1.165) is 44.5 Å². The van der Waals surface area contributed by atoms with Crippen LogP contribution in [0.3, 0.4) is 0 Å². The SMILES string of the molecule is CC(C)NC(=NCc1ccccc1)P(c1ccccc1)c1ccccc1.CC(C)[N-]C([N-]Cc1ccccc1)P(c1ccccc1)c1ccccc1.[CH2-]c1ccccc1.[CH2-]c1ccccc1.[CH2-]c1ccccc1.[CH2-]c1ccccc1.[CH2-]c1ccccc1.[CH2-]c1ccccc1.[CH2-]c1ccccc1.[Hf+4].[Hf]. The number of nitrogens with one attached hydrogen (secondary N) is 1. The number of hydrogen-bond acceptors (Lipinski definition) is 1. The minimum atomic E-state index is -0.704. The van der Waals surface area contributed by atoms with Gasteiger partial charge in [0, 0.05) is 39.8 Å². The molecule has 0 aliphatic rings. The van der Waals surface area contributed by atoms with E-state index in [1.165, 1.54) is 32.3 Å². The van der Waals surface area contributed by atoms with Gasteiger partial charge in [0.15, 0.2) is 0 Å². The van der Waals surface area contributed by atoms with E-state index < -0.39 is 15.8 Å². The first kappa shape index (κ1) is 88.2. The standard InChI is InChI=1S/2C23H25N2P.7C7H7.2Hf/c2*1-19(2)25-23(24-18-20-12-6-3-7-13-20)26(21-14-8-4-9-15-21)22-16-10-5-11-17-22;7*1-7-5-3-2-4-6-7;;/h3-17,19H,18H2,1-2H3,(H,24,25);3-17,19,23H,18H2,1-2H3;7*2-6H,1H2;;/q;-2;7*-1;;+4. The van der Waals surface area contributed by atoms with Gasteiger partial charge in [0.2, 0.25) is 0 Å². The second kappa shape index (κ2) is 55.5. The summed E-state index contributed by atoms with van der Waals surface area (Å²) >= 11 is 0. The van der Waals surface area contributed by atoms with Crippen molar-refractivity contribution in [1.82, 2.24) is 5.32 Å². The molecule has 0 spiro atoms. The zero-order valence-corrected chi connectivity index (χ0v) is 69.3. The van der Waals surface area contributed by atoms with Gasteiger partial charge in [0.05, 0.1) is 6.54 Å². The molecule has 13 rings (SSSR count). The molecule has 1 atom stereocenters. The summed E-state index contributed by atoms with van der Waals surface area (Å²) in [5.74, 6) is -0.0463. The maximum absolute atomic E-state index is 5.05. The molecule has 103 heavy (non-hydrogen) atoms. The van der Waals surface area contributed by atoms with Crippen molar-refractivity contribution in [3.8, 4) is 0 Å². The van der Waals surface area contributed by atoms with Crippen LogP contribution < -0.4 is 26.5 Å². The summed E-state index contributed by atoms with van der Waals surface area (Å²) < 4.78 is 0. The molecule has 0 aromatic heterocycles. The molecule has 0 heterocycles. The molecule has 0 amide bonds. The summed E-state index contributed by atoms with van der Waals surface area (Å²) in [6.45, 7) is 36.0. The molecule has 0 aliphatic carbocycles. The van der Waals surface area contributed by atoms with Crippen LogP contribution in [0.25, 0.3) is 10.6 Å². The molecule has 0 aliphatic heterocycles. The van der Waals surface area contributed by atoms with Gasteiger partial charge in [-0.15, -0.1) is 97.5 Å². The Labute approximate surface area is 661 Å². The van der Waals surface area contributed by atoms with Gasteiger partial charge in [-0.05, 0) is 40.6 Å². The molecular formula is C95H99Hf2N4P2-5. The first-order chi connectivity index (χ1) is 49.2. The second-order valence-corrected chi connectivity index (χ2v) is 27.6. The molecule has 1 N–H and O–H groups in total. The maximum Gasteiger partial charge on any atom is 4.00 e. The van der Waals surface area contributed by atoms with Gasteiger partial charge in [-0.3, -0.25) is 4.99 Å². The molecule has 13 aromatic rings. The Morgan fingerprint density at radius 2 is 0.524 bits per heavy atom. The Bertz CT molecular complexity index is 3620. The predicted octanol–water partition coefficient (Wildman–Crippen LogP) is 23.5. The van der Waals surface area contributed by atoms with Gasteiger partial charge in [-0.25, -0.2) is 5.91 Å². The van der Waals surface area contributed by atoms with Crippen LogP contribution in [0.2, 0.25) is 0 Å². The molecule has 0 saturated carbocycles. The topological polar surface area (TPSA) is 52.6 Å². The Kier molecular flexibility index (Phi) is 47.5. The molecule has 8 heteroatoms. The van der Waals surface area contributed by atoms with Crippen LogP contribution in [0.5, 0.6) is 0 Å². The summed E-state index contributed by atoms with van der Waals surface area (Å²) in [6, 6.07) is 133. The average molecular weight is 1720 g/mol. The smallest absolute Gasteiger partial charge is 0.671 e. The van der Waals surface area contributed by atoms with Gasteiger partial charge in [0.1, 0.15) is 5.58 Å². The van der Waals surface area contributed by atoms with Crippen LogP contribution in [0.15, 0.2) is 399 Å². The minimum absolute atomic E-state index is 0. The maximum atomic E-state index is 5.05. The number of nitrogens with zero attached hydrogens (tertiary/aromatic N) is 3. The van der Waals surface area contributed by atoms with Gasteiger partial charge in [0.25, 0.3) is 0 Å². The van der Waals surface area contributed by atoms with Crippen LogP contribution >= 0.6 is 15.8 Å². The second-order valence-electron chi connectivity index (χ2n) is 23.3. The van der Waals surface area contributed by atoms with Crippen LogP contribution in [-0.2, 0) is 64.8 Å². The van der Waals surface area contributed by atoms with Crippen molar-refractivity contribution in [2.24, 2.45) is 4.99 Å². The van der Waals surface area contributed by atoms with E-state index >= 15 is 0 Å². The van der Waals surface area contributed by atoms with E-state index in [1.807, 2.05) is 224 Å². The third kappa shape index (κ3) is 41.0. The molecule has 13 aromatic carbocycles. The Morgan fingerprint density at radius 1 is 0.311 bits per heavy atom. The van der Waals surface area contributed by atoms with E-state index in [2.05, 4.69) is 251 Å². The summed E-state index contributed by atoms with van der Waals surface area (Å²) in [5, 5.41) is 18.9. The Morgan fingerprint density at radius 3 is 0.738 bits per heavy atom. The molecule has 4 nitrogen and oxygen atoms in total. The fourth-order valence-electron chi connectivity index (χ4n) is 8.91. The van der Waals surface area contributed by atoms with Crippen molar-refractivity contribution in [1.29, 1.82) is 0 Å².